The molecular weight excluding hydrogens is 328 g/mol. The van der Waals surface area contributed by atoms with Gasteiger partial charge in [0, 0.05) is 12.6 Å². The molecule has 24 heavy (non-hydrogen) atoms. The molecular formula is C17H20N2O4S. The van der Waals surface area contributed by atoms with Gasteiger partial charge >= 0.3 is 0 Å². The smallest absolute Gasteiger partial charge is 0.289 e. The van der Waals surface area contributed by atoms with Gasteiger partial charge in [-0.05, 0) is 30.5 Å². The lowest BCUT2D eigenvalue weighted by Crippen LogP contribution is -2.47. The molecule has 0 bridgehead atoms. The van der Waals surface area contributed by atoms with E-state index in [1.807, 2.05) is 30.3 Å². The van der Waals surface area contributed by atoms with E-state index in [9.17, 15) is 13.2 Å². The second kappa shape index (κ2) is 6.78. The predicted octanol–water partition coefficient (Wildman–Crippen LogP) is 1.65. The number of rotatable bonds is 5. The van der Waals surface area contributed by atoms with Gasteiger partial charge in [-0.25, -0.2) is 13.1 Å². The molecule has 1 fully saturated rings. The zero-order valence-electron chi connectivity index (χ0n) is 13.4. The average Bonchev–Trinajstić information content (AvgIpc) is 3.17. The number of sulfonamides is 1. The van der Waals surface area contributed by atoms with Gasteiger partial charge in [0.15, 0.2) is 5.76 Å². The van der Waals surface area contributed by atoms with Crippen LogP contribution in [0.3, 0.4) is 0 Å². The minimum atomic E-state index is -3.35. The minimum Gasteiger partial charge on any atom is -0.459 e. The average molecular weight is 348 g/mol. The SMILES string of the molecule is CS(=O)(=O)N[C@@H]1CCN(C(=O)c2ccco2)[C@H]1Cc1ccccc1. The molecule has 2 atom stereocenters. The molecule has 1 aromatic carbocycles. The Hall–Kier alpha value is -2.12. The van der Waals surface area contributed by atoms with Crippen LogP contribution in [-0.2, 0) is 16.4 Å². The van der Waals surface area contributed by atoms with E-state index < -0.39 is 10.0 Å². The highest BCUT2D eigenvalue weighted by atomic mass is 32.2. The number of furan rings is 1. The normalized spacial score (nSPS) is 21.1. The van der Waals surface area contributed by atoms with Crippen molar-refractivity contribution < 1.29 is 17.6 Å². The van der Waals surface area contributed by atoms with Crippen molar-refractivity contribution in [3.8, 4) is 0 Å². The van der Waals surface area contributed by atoms with Crippen LogP contribution in [0.5, 0.6) is 0 Å². The maximum atomic E-state index is 12.7. The number of nitrogens with one attached hydrogen (secondary N) is 1. The fourth-order valence-corrected chi connectivity index (χ4v) is 3.99. The highest BCUT2D eigenvalue weighted by Crippen LogP contribution is 2.24. The summed E-state index contributed by atoms with van der Waals surface area (Å²) in [6.45, 7) is 0.490. The summed E-state index contributed by atoms with van der Waals surface area (Å²) in [5, 5.41) is 0. The molecule has 1 aliphatic rings. The zero-order valence-corrected chi connectivity index (χ0v) is 14.2. The molecule has 6 nitrogen and oxygen atoms in total. The molecule has 0 unspecified atom stereocenters. The van der Waals surface area contributed by atoms with Crippen molar-refractivity contribution in [2.24, 2.45) is 0 Å². The van der Waals surface area contributed by atoms with Crippen molar-refractivity contribution >= 4 is 15.9 Å². The first kappa shape index (κ1) is 16.7. The number of hydrogen-bond donors (Lipinski definition) is 1. The van der Waals surface area contributed by atoms with E-state index in [0.717, 1.165) is 11.8 Å². The third-order valence-electron chi connectivity index (χ3n) is 4.19. The molecule has 2 heterocycles. The summed E-state index contributed by atoms with van der Waals surface area (Å²) < 4.78 is 31.2. The molecule has 128 valence electrons. The molecule has 1 N–H and O–H groups in total. The van der Waals surface area contributed by atoms with E-state index in [1.165, 1.54) is 6.26 Å². The highest BCUT2D eigenvalue weighted by Gasteiger charge is 2.39. The Balaban J connectivity index is 1.85. The molecule has 0 radical (unpaired) electrons. The van der Waals surface area contributed by atoms with Crippen LogP contribution >= 0.6 is 0 Å². The van der Waals surface area contributed by atoms with Crippen LogP contribution in [0.2, 0.25) is 0 Å². The van der Waals surface area contributed by atoms with E-state index in [0.29, 0.717) is 19.4 Å². The minimum absolute atomic E-state index is 0.210. The molecule has 3 rings (SSSR count). The van der Waals surface area contributed by atoms with Crippen LogP contribution < -0.4 is 4.72 Å². The third kappa shape index (κ3) is 3.85. The van der Waals surface area contributed by atoms with Gasteiger partial charge in [-0.2, -0.15) is 0 Å². The van der Waals surface area contributed by atoms with Crippen LogP contribution in [0, 0.1) is 0 Å². The number of amides is 1. The number of hydrogen-bond acceptors (Lipinski definition) is 4. The van der Waals surface area contributed by atoms with E-state index in [4.69, 9.17) is 4.42 Å². The first-order valence-electron chi connectivity index (χ1n) is 7.80. The quantitative estimate of drug-likeness (QED) is 0.891. The van der Waals surface area contributed by atoms with Gasteiger partial charge in [0.1, 0.15) is 0 Å². The Labute approximate surface area is 141 Å². The lowest BCUT2D eigenvalue weighted by Gasteiger charge is -2.28. The van der Waals surface area contributed by atoms with E-state index in [1.54, 1.807) is 17.0 Å². The van der Waals surface area contributed by atoms with E-state index >= 15 is 0 Å². The van der Waals surface area contributed by atoms with Crippen LogP contribution in [0.25, 0.3) is 0 Å². The van der Waals surface area contributed by atoms with Gasteiger partial charge in [-0.1, -0.05) is 30.3 Å². The summed E-state index contributed by atoms with van der Waals surface area (Å²) in [5.74, 6) is 0.0619. The number of carbonyl (C=O) groups excluding carboxylic acids is 1. The first-order valence-corrected chi connectivity index (χ1v) is 9.69. The van der Waals surface area contributed by atoms with Crippen molar-refractivity contribution in [1.82, 2.24) is 9.62 Å². The summed E-state index contributed by atoms with van der Waals surface area (Å²) in [7, 11) is -3.35. The van der Waals surface area contributed by atoms with Crippen molar-refractivity contribution in [3.05, 3.63) is 60.1 Å². The summed E-state index contributed by atoms with van der Waals surface area (Å²) in [6, 6.07) is 12.5. The van der Waals surface area contributed by atoms with Crippen molar-refractivity contribution in [1.29, 1.82) is 0 Å². The van der Waals surface area contributed by atoms with Gasteiger partial charge in [-0.15, -0.1) is 0 Å². The summed E-state index contributed by atoms with van der Waals surface area (Å²) in [5.41, 5.74) is 1.06. The second-order valence-corrected chi connectivity index (χ2v) is 7.80. The maximum Gasteiger partial charge on any atom is 0.289 e. The fraction of sp³-hybridized carbons (Fsp3) is 0.353. The van der Waals surface area contributed by atoms with Gasteiger partial charge in [-0.3, -0.25) is 4.79 Å². The lowest BCUT2D eigenvalue weighted by atomic mass is 10.0. The Bertz CT molecular complexity index is 787. The molecule has 1 aromatic heterocycles. The molecule has 2 aromatic rings. The van der Waals surface area contributed by atoms with Crippen LogP contribution in [0.15, 0.2) is 53.1 Å². The third-order valence-corrected chi connectivity index (χ3v) is 4.92. The van der Waals surface area contributed by atoms with Crippen molar-refractivity contribution in [2.75, 3.05) is 12.8 Å². The summed E-state index contributed by atoms with van der Waals surface area (Å²) in [4.78, 5) is 14.4. The van der Waals surface area contributed by atoms with Crippen molar-refractivity contribution in [2.45, 2.75) is 24.9 Å². The van der Waals surface area contributed by atoms with Gasteiger partial charge in [0.05, 0.1) is 18.6 Å². The summed E-state index contributed by atoms with van der Waals surface area (Å²) in [6.07, 6.45) is 3.77. The summed E-state index contributed by atoms with van der Waals surface area (Å²) >= 11 is 0. The van der Waals surface area contributed by atoms with E-state index in [2.05, 4.69) is 4.72 Å². The number of benzene rings is 1. The Morgan fingerprint density at radius 2 is 2.00 bits per heavy atom. The number of carbonyl (C=O) groups is 1. The molecule has 1 saturated heterocycles. The fourth-order valence-electron chi connectivity index (χ4n) is 3.17. The van der Waals surface area contributed by atoms with Crippen LogP contribution in [0.4, 0.5) is 0 Å². The molecule has 0 saturated carbocycles. The number of likely N-dealkylation sites (tertiary alicyclic amines) is 1. The highest BCUT2D eigenvalue weighted by molar-refractivity contribution is 7.88. The second-order valence-electron chi connectivity index (χ2n) is 6.02. The molecule has 7 heteroatoms. The lowest BCUT2D eigenvalue weighted by molar-refractivity contribution is 0.0696. The first-order chi connectivity index (χ1) is 11.4. The monoisotopic (exact) mass is 348 g/mol. The maximum absolute atomic E-state index is 12.7. The zero-order chi connectivity index (χ0) is 17.2. The molecule has 1 amide bonds. The standard InChI is InChI=1S/C17H20N2O4S/c1-24(21,22)18-14-9-10-19(17(20)16-8-5-11-23-16)15(14)12-13-6-3-2-4-7-13/h2-8,11,14-15,18H,9-10,12H2,1H3/t14-,15+/m1/s1. The van der Waals surface area contributed by atoms with Gasteiger partial charge in [0.2, 0.25) is 10.0 Å². The Morgan fingerprint density at radius 1 is 1.25 bits per heavy atom. The Morgan fingerprint density at radius 3 is 2.62 bits per heavy atom. The van der Waals surface area contributed by atoms with Gasteiger partial charge < -0.3 is 9.32 Å². The predicted molar refractivity (Wildman–Crippen MR) is 90.1 cm³/mol. The van der Waals surface area contributed by atoms with Crippen molar-refractivity contribution in [3.63, 3.8) is 0 Å². The molecule has 1 aliphatic heterocycles. The van der Waals surface area contributed by atoms with Gasteiger partial charge in [0.25, 0.3) is 5.91 Å². The molecule has 0 aliphatic carbocycles. The number of nitrogens with zero attached hydrogens (tertiary/aromatic N) is 1. The van der Waals surface area contributed by atoms with Crippen LogP contribution in [0.1, 0.15) is 22.5 Å². The largest absolute Gasteiger partial charge is 0.459 e. The van der Waals surface area contributed by atoms with Crippen LogP contribution in [-0.4, -0.2) is 44.1 Å². The Kier molecular flexibility index (Phi) is 4.73. The molecule has 0 spiro atoms. The topological polar surface area (TPSA) is 79.6 Å². The van der Waals surface area contributed by atoms with E-state index in [-0.39, 0.29) is 23.8 Å².